The lowest BCUT2D eigenvalue weighted by molar-refractivity contribution is 0.0601. The van der Waals surface area contributed by atoms with Crippen molar-refractivity contribution in [3.05, 3.63) is 47.5 Å². The van der Waals surface area contributed by atoms with Gasteiger partial charge in [0, 0.05) is 11.9 Å². The zero-order valence-corrected chi connectivity index (χ0v) is 10.4. The number of ether oxygens (including phenoxy) is 1. The lowest BCUT2D eigenvalue weighted by Crippen LogP contribution is -2.05. The van der Waals surface area contributed by atoms with Gasteiger partial charge in [0.25, 0.3) is 0 Å². The standard InChI is InChI=1S/C13H15N3O2/c1-9-3-4-10(13(17)18-2)5-12(9)15-7-11-6-14-8-16-11/h3-6,8,15H,7H2,1-2H3,(H,14,16). The highest BCUT2D eigenvalue weighted by Gasteiger charge is 2.07. The van der Waals surface area contributed by atoms with Gasteiger partial charge in [-0.2, -0.15) is 0 Å². The van der Waals surface area contributed by atoms with Crippen molar-refractivity contribution >= 4 is 11.7 Å². The second kappa shape index (κ2) is 5.35. The first-order valence-corrected chi connectivity index (χ1v) is 5.61. The molecule has 0 saturated carbocycles. The van der Waals surface area contributed by atoms with Crippen LogP contribution in [0.25, 0.3) is 0 Å². The van der Waals surface area contributed by atoms with Crippen LogP contribution in [0.5, 0.6) is 0 Å². The summed E-state index contributed by atoms with van der Waals surface area (Å²) < 4.78 is 4.70. The second-order valence-corrected chi connectivity index (χ2v) is 3.95. The van der Waals surface area contributed by atoms with Gasteiger partial charge in [-0.25, -0.2) is 9.78 Å². The molecule has 0 unspecified atom stereocenters. The normalized spacial score (nSPS) is 10.1. The largest absolute Gasteiger partial charge is 0.465 e. The van der Waals surface area contributed by atoms with Crippen molar-refractivity contribution < 1.29 is 9.53 Å². The number of hydrogen-bond acceptors (Lipinski definition) is 4. The molecule has 0 radical (unpaired) electrons. The van der Waals surface area contributed by atoms with Crippen molar-refractivity contribution in [3.8, 4) is 0 Å². The van der Waals surface area contributed by atoms with Crippen LogP contribution in [0, 0.1) is 6.92 Å². The summed E-state index contributed by atoms with van der Waals surface area (Å²) in [5.41, 5.74) is 3.50. The molecule has 94 valence electrons. The van der Waals surface area contributed by atoms with Crippen molar-refractivity contribution in [1.29, 1.82) is 0 Å². The first-order valence-electron chi connectivity index (χ1n) is 5.61. The number of anilines is 1. The van der Waals surface area contributed by atoms with Crippen LogP contribution in [-0.4, -0.2) is 23.0 Å². The number of aryl methyl sites for hydroxylation is 1. The van der Waals surface area contributed by atoms with Crippen molar-refractivity contribution in [2.24, 2.45) is 0 Å². The van der Waals surface area contributed by atoms with Gasteiger partial charge in [-0.15, -0.1) is 0 Å². The monoisotopic (exact) mass is 245 g/mol. The number of carbonyl (C=O) groups excluding carboxylic acids is 1. The van der Waals surface area contributed by atoms with Gasteiger partial charge in [-0.3, -0.25) is 0 Å². The summed E-state index contributed by atoms with van der Waals surface area (Å²) in [4.78, 5) is 18.4. The molecule has 0 aliphatic carbocycles. The van der Waals surface area contributed by atoms with E-state index in [9.17, 15) is 4.79 Å². The summed E-state index contributed by atoms with van der Waals surface area (Å²) in [6.45, 7) is 2.61. The summed E-state index contributed by atoms with van der Waals surface area (Å²) in [6.07, 6.45) is 3.39. The molecule has 0 amide bonds. The Kier molecular flexibility index (Phi) is 3.62. The van der Waals surface area contributed by atoms with Crippen LogP contribution in [-0.2, 0) is 11.3 Å². The van der Waals surface area contributed by atoms with Crippen molar-refractivity contribution in [2.75, 3.05) is 12.4 Å². The molecule has 18 heavy (non-hydrogen) atoms. The van der Waals surface area contributed by atoms with Crippen LogP contribution >= 0.6 is 0 Å². The highest BCUT2D eigenvalue weighted by molar-refractivity contribution is 5.90. The van der Waals surface area contributed by atoms with Gasteiger partial charge < -0.3 is 15.0 Å². The molecule has 1 heterocycles. The van der Waals surface area contributed by atoms with Gasteiger partial charge >= 0.3 is 5.97 Å². The molecular weight excluding hydrogens is 230 g/mol. The summed E-state index contributed by atoms with van der Waals surface area (Å²) >= 11 is 0. The molecule has 0 bridgehead atoms. The molecule has 2 N–H and O–H groups in total. The fourth-order valence-electron chi connectivity index (χ4n) is 1.63. The van der Waals surface area contributed by atoms with Crippen LogP contribution in [0.1, 0.15) is 21.6 Å². The Morgan fingerprint density at radius 1 is 1.50 bits per heavy atom. The molecule has 1 aromatic carbocycles. The Morgan fingerprint density at radius 3 is 3.00 bits per heavy atom. The molecule has 0 aliphatic heterocycles. The SMILES string of the molecule is COC(=O)c1ccc(C)c(NCc2cnc[nH]2)c1. The maximum absolute atomic E-state index is 11.4. The minimum atomic E-state index is -0.334. The number of hydrogen-bond donors (Lipinski definition) is 2. The van der Waals surface area contributed by atoms with E-state index >= 15 is 0 Å². The highest BCUT2D eigenvalue weighted by atomic mass is 16.5. The fraction of sp³-hybridized carbons (Fsp3) is 0.231. The first-order chi connectivity index (χ1) is 8.70. The maximum atomic E-state index is 11.4. The van der Waals surface area contributed by atoms with Crippen molar-refractivity contribution in [1.82, 2.24) is 9.97 Å². The van der Waals surface area contributed by atoms with Gasteiger partial charge in [0.1, 0.15) is 0 Å². The molecule has 0 saturated heterocycles. The molecule has 2 aromatic rings. The number of aromatic amines is 1. The fourth-order valence-corrected chi connectivity index (χ4v) is 1.63. The number of nitrogens with one attached hydrogen (secondary N) is 2. The average Bonchev–Trinajstić information content (AvgIpc) is 2.90. The number of carbonyl (C=O) groups is 1. The number of imidazole rings is 1. The smallest absolute Gasteiger partial charge is 0.337 e. The number of rotatable bonds is 4. The van der Waals surface area contributed by atoms with E-state index in [1.165, 1.54) is 7.11 Å². The number of methoxy groups -OCH3 is 1. The second-order valence-electron chi connectivity index (χ2n) is 3.95. The lowest BCUT2D eigenvalue weighted by atomic mass is 10.1. The third kappa shape index (κ3) is 2.68. The lowest BCUT2D eigenvalue weighted by Gasteiger charge is -2.10. The molecule has 5 nitrogen and oxygen atoms in total. The van der Waals surface area contributed by atoms with Crippen molar-refractivity contribution in [2.45, 2.75) is 13.5 Å². The van der Waals surface area contributed by atoms with Gasteiger partial charge in [0.15, 0.2) is 0 Å². The summed E-state index contributed by atoms with van der Waals surface area (Å²) in [7, 11) is 1.37. The number of esters is 1. The van der Waals surface area contributed by atoms with E-state index in [1.54, 1.807) is 24.7 Å². The van der Waals surface area contributed by atoms with E-state index in [-0.39, 0.29) is 5.97 Å². The van der Waals surface area contributed by atoms with E-state index < -0.39 is 0 Å². The van der Waals surface area contributed by atoms with E-state index in [2.05, 4.69) is 15.3 Å². The predicted octanol–water partition coefficient (Wildman–Crippen LogP) is 2.12. The quantitative estimate of drug-likeness (QED) is 0.810. The first kappa shape index (κ1) is 12.2. The predicted molar refractivity (Wildman–Crippen MR) is 68.4 cm³/mol. The molecule has 0 fully saturated rings. The Labute approximate surface area is 105 Å². The van der Waals surface area contributed by atoms with Crippen LogP contribution in [0.3, 0.4) is 0 Å². The van der Waals surface area contributed by atoms with Gasteiger partial charge in [0.05, 0.1) is 31.2 Å². The third-order valence-electron chi connectivity index (χ3n) is 2.68. The van der Waals surface area contributed by atoms with Crippen LogP contribution in [0.4, 0.5) is 5.69 Å². The molecule has 0 aliphatic rings. The maximum Gasteiger partial charge on any atom is 0.337 e. The molecule has 0 spiro atoms. The molecule has 2 rings (SSSR count). The highest BCUT2D eigenvalue weighted by Crippen LogP contribution is 2.18. The molecule has 1 aromatic heterocycles. The van der Waals surface area contributed by atoms with Gasteiger partial charge in [-0.1, -0.05) is 6.07 Å². The van der Waals surface area contributed by atoms with Gasteiger partial charge in [0.2, 0.25) is 0 Å². The topological polar surface area (TPSA) is 67.0 Å². The van der Waals surface area contributed by atoms with E-state index in [4.69, 9.17) is 4.74 Å². The van der Waals surface area contributed by atoms with Crippen LogP contribution in [0.2, 0.25) is 0 Å². The summed E-state index contributed by atoms with van der Waals surface area (Å²) in [6, 6.07) is 5.43. The number of nitrogens with zero attached hydrogens (tertiary/aromatic N) is 1. The zero-order chi connectivity index (χ0) is 13.0. The van der Waals surface area contributed by atoms with Gasteiger partial charge in [-0.05, 0) is 24.6 Å². The molecule has 5 heteroatoms. The number of benzene rings is 1. The van der Waals surface area contributed by atoms with Crippen molar-refractivity contribution in [3.63, 3.8) is 0 Å². The zero-order valence-electron chi connectivity index (χ0n) is 10.4. The number of H-pyrrole nitrogens is 1. The van der Waals surface area contributed by atoms with Crippen LogP contribution < -0.4 is 5.32 Å². The average molecular weight is 245 g/mol. The summed E-state index contributed by atoms with van der Waals surface area (Å²) in [5.74, 6) is -0.334. The number of aromatic nitrogens is 2. The Hall–Kier alpha value is -2.30. The minimum absolute atomic E-state index is 0.334. The Morgan fingerprint density at radius 2 is 2.33 bits per heavy atom. The Bertz CT molecular complexity index is 535. The third-order valence-corrected chi connectivity index (χ3v) is 2.68. The minimum Gasteiger partial charge on any atom is -0.465 e. The van der Waals surface area contributed by atoms with Crippen LogP contribution in [0.15, 0.2) is 30.7 Å². The van der Waals surface area contributed by atoms with E-state index in [0.717, 1.165) is 16.9 Å². The molecule has 0 atom stereocenters. The summed E-state index contributed by atoms with van der Waals surface area (Å²) in [5, 5.41) is 3.26. The van der Waals surface area contributed by atoms with E-state index in [1.807, 2.05) is 13.0 Å². The van der Waals surface area contributed by atoms with E-state index in [0.29, 0.717) is 12.1 Å². The Balaban J connectivity index is 2.13. The molecular formula is C13H15N3O2.